The van der Waals surface area contributed by atoms with Crippen LogP contribution in [-0.2, 0) is 0 Å². The fourth-order valence-corrected chi connectivity index (χ4v) is 1.94. The molecule has 0 aliphatic heterocycles. The monoisotopic (exact) mass is 271 g/mol. The molecule has 102 valence electrons. The van der Waals surface area contributed by atoms with Gasteiger partial charge in [0.25, 0.3) is 5.91 Å². The molecule has 6 heteroatoms. The Bertz CT molecular complexity index is 433. The van der Waals surface area contributed by atoms with Crippen LogP contribution in [-0.4, -0.2) is 31.7 Å². The summed E-state index contributed by atoms with van der Waals surface area (Å²) in [6, 6.07) is 0. The van der Waals surface area contributed by atoms with Gasteiger partial charge in [0, 0.05) is 0 Å². The summed E-state index contributed by atoms with van der Waals surface area (Å²) in [5.41, 5.74) is -1.05. The number of hydrogen-bond acceptors (Lipinski definition) is 5. The number of aliphatic hydroxyl groups is 1. The maximum atomic E-state index is 12.2. The molecule has 0 fully saturated rings. The highest BCUT2D eigenvalue weighted by atomic mass is 32.1. The second kappa shape index (κ2) is 4.93. The molecular weight excluding hydrogens is 250 g/mol. The van der Waals surface area contributed by atoms with Crippen molar-refractivity contribution in [1.29, 1.82) is 0 Å². The minimum atomic E-state index is -1.02. The zero-order chi connectivity index (χ0) is 14.1. The van der Waals surface area contributed by atoms with Gasteiger partial charge in [0.1, 0.15) is 4.88 Å². The lowest BCUT2D eigenvalue weighted by atomic mass is 9.86. The van der Waals surface area contributed by atoms with Crippen LogP contribution in [0.1, 0.15) is 62.8 Å². The summed E-state index contributed by atoms with van der Waals surface area (Å²) in [5, 5.41) is 16.8. The van der Waals surface area contributed by atoms with Gasteiger partial charge in [0.15, 0.2) is 0 Å². The Hall–Kier alpha value is -1.01. The summed E-state index contributed by atoms with van der Waals surface area (Å²) in [5.74, 6) is -0.0874. The molecule has 18 heavy (non-hydrogen) atoms. The third-order valence-corrected chi connectivity index (χ3v) is 3.96. The zero-order valence-corrected chi connectivity index (χ0v) is 12.6. The smallest absolute Gasteiger partial charge is 0.265 e. The molecule has 0 saturated carbocycles. The van der Waals surface area contributed by atoms with Crippen LogP contribution in [0.25, 0.3) is 0 Å². The van der Waals surface area contributed by atoms with Gasteiger partial charge in [-0.2, -0.15) is 0 Å². The van der Waals surface area contributed by atoms with Crippen molar-refractivity contribution in [2.24, 2.45) is 0 Å². The standard InChI is InChI=1S/C12H21N3O2S/c1-7(2)8-9(18-15-14-8)10(16)13-11(3,4)12(5,6)17/h7,17H,1-6H3,(H,13,16). The Morgan fingerprint density at radius 3 is 2.33 bits per heavy atom. The van der Waals surface area contributed by atoms with Gasteiger partial charge in [0.2, 0.25) is 0 Å². The van der Waals surface area contributed by atoms with E-state index in [-0.39, 0.29) is 11.8 Å². The molecule has 0 saturated heterocycles. The summed E-state index contributed by atoms with van der Waals surface area (Å²) in [6.07, 6.45) is 0. The number of carbonyl (C=O) groups excluding carboxylic acids is 1. The van der Waals surface area contributed by atoms with Gasteiger partial charge < -0.3 is 10.4 Å². The van der Waals surface area contributed by atoms with Gasteiger partial charge in [-0.1, -0.05) is 18.3 Å². The van der Waals surface area contributed by atoms with Crippen LogP contribution < -0.4 is 5.32 Å². The zero-order valence-electron chi connectivity index (χ0n) is 11.7. The van der Waals surface area contributed by atoms with Gasteiger partial charge >= 0.3 is 0 Å². The molecule has 0 bridgehead atoms. The Morgan fingerprint density at radius 2 is 1.89 bits per heavy atom. The second-order valence-corrected chi connectivity index (χ2v) is 6.53. The van der Waals surface area contributed by atoms with E-state index in [1.807, 2.05) is 13.8 Å². The average Bonchev–Trinajstić information content (AvgIpc) is 2.62. The third kappa shape index (κ3) is 3.05. The van der Waals surface area contributed by atoms with Crippen LogP contribution in [0.5, 0.6) is 0 Å². The number of carbonyl (C=O) groups is 1. The number of nitrogens with zero attached hydrogens (tertiary/aromatic N) is 2. The van der Waals surface area contributed by atoms with E-state index in [0.29, 0.717) is 10.6 Å². The molecule has 0 spiro atoms. The maximum absolute atomic E-state index is 12.2. The molecule has 1 aromatic rings. The highest BCUT2D eigenvalue weighted by Crippen LogP contribution is 2.24. The minimum absolute atomic E-state index is 0.148. The molecule has 1 rings (SSSR count). The van der Waals surface area contributed by atoms with E-state index >= 15 is 0 Å². The van der Waals surface area contributed by atoms with Gasteiger partial charge in [-0.25, -0.2) is 0 Å². The number of hydrogen-bond donors (Lipinski definition) is 2. The van der Waals surface area contributed by atoms with E-state index < -0.39 is 11.1 Å². The number of amides is 1. The molecule has 1 aromatic heterocycles. The molecule has 0 unspecified atom stereocenters. The number of aromatic nitrogens is 2. The van der Waals surface area contributed by atoms with E-state index in [9.17, 15) is 9.90 Å². The number of nitrogens with one attached hydrogen (secondary N) is 1. The first-order valence-electron chi connectivity index (χ1n) is 5.93. The second-order valence-electron chi connectivity index (χ2n) is 5.78. The molecule has 1 amide bonds. The Kier molecular flexibility index (Phi) is 4.12. The van der Waals surface area contributed by atoms with Crippen molar-refractivity contribution in [3.63, 3.8) is 0 Å². The summed E-state index contributed by atoms with van der Waals surface area (Å²) in [4.78, 5) is 12.7. The number of rotatable bonds is 4. The van der Waals surface area contributed by atoms with E-state index in [1.165, 1.54) is 0 Å². The molecule has 1 heterocycles. The van der Waals surface area contributed by atoms with E-state index in [2.05, 4.69) is 14.9 Å². The van der Waals surface area contributed by atoms with Gasteiger partial charge in [-0.05, 0) is 45.1 Å². The SMILES string of the molecule is CC(C)c1nnsc1C(=O)NC(C)(C)C(C)(C)O. The Labute approximate surface area is 112 Å². The predicted molar refractivity (Wildman–Crippen MR) is 71.8 cm³/mol. The van der Waals surface area contributed by atoms with Crippen LogP contribution in [0, 0.1) is 0 Å². The van der Waals surface area contributed by atoms with Crippen molar-refractivity contribution in [2.75, 3.05) is 0 Å². The van der Waals surface area contributed by atoms with Crippen LogP contribution in [0.4, 0.5) is 0 Å². The molecule has 0 aromatic carbocycles. The molecule has 0 atom stereocenters. The fraction of sp³-hybridized carbons (Fsp3) is 0.750. The predicted octanol–water partition coefficient (Wildman–Crippen LogP) is 1.94. The molecule has 0 radical (unpaired) electrons. The molecule has 0 aliphatic rings. The highest BCUT2D eigenvalue weighted by molar-refractivity contribution is 7.08. The Morgan fingerprint density at radius 1 is 1.33 bits per heavy atom. The lowest BCUT2D eigenvalue weighted by Crippen LogP contribution is -2.57. The minimum Gasteiger partial charge on any atom is -0.388 e. The van der Waals surface area contributed by atoms with Crippen molar-refractivity contribution in [3.05, 3.63) is 10.6 Å². The summed E-state index contributed by atoms with van der Waals surface area (Å²) in [7, 11) is 0. The molecule has 0 aliphatic carbocycles. The highest BCUT2D eigenvalue weighted by Gasteiger charge is 2.37. The van der Waals surface area contributed by atoms with Crippen LogP contribution >= 0.6 is 11.5 Å². The molecular formula is C12H21N3O2S. The normalized spacial score (nSPS) is 12.9. The van der Waals surface area contributed by atoms with Crippen molar-refractivity contribution in [2.45, 2.75) is 58.6 Å². The van der Waals surface area contributed by atoms with E-state index in [1.54, 1.807) is 27.7 Å². The first-order chi connectivity index (χ1) is 8.06. The lowest BCUT2D eigenvalue weighted by molar-refractivity contribution is -0.00287. The summed E-state index contributed by atoms with van der Waals surface area (Å²) < 4.78 is 3.82. The summed E-state index contributed by atoms with van der Waals surface area (Å²) in [6.45, 7) is 10.8. The van der Waals surface area contributed by atoms with Gasteiger partial charge in [-0.15, -0.1) is 5.10 Å². The lowest BCUT2D eigenvalue weighted by Gasteiger charge is -2.37. The van der Waals surface area contributed by atoms with E-state index in [0.717, 1.165) is 11.5 Å². The first kappa shape index (κ1) is 15.0. The largest absolute Gasteiger partial charge is 0.388 e. The van der Waals surface area contributed by atoms with Crippen LogP contribution in [0.15, 0.2) is 0 Å². The van der Waals surface area contributed by atoms with Crippen molar-refractivity contribution < 1.29 is 9.90 Å². The first-order valence-corrected chi connectivity index (χ1v) is 6.70. The molecule has 2 N–H and O–H groups in total. The molecule has 5 nitrogen and oxygen atoms in total. The van der Waals surface area contributed by atoms with Crippen molar-refractivity contribution in [1.82, 2.24) is 14.9 Å². The fourth-order valence-electron chi connectivity index (χ4n) is 1.23. The van der Waals surface area contributed by atoms with Gasteiger partial charge in [-0.3, -0.25) is 4.79 Å². The quantitative estimate of drug-likeness (QED) is 0.877. The van der Waals surface area contributed by atoms with Crippen LogP contribution in [0.2, 0.25) is 0 Å². The summed E-state index contributed by atoms with van der Waals surface area (Å²) >= 11 is 1.08. The van der Waals surface area contributed by atoms with Crippen molar-refractivity contribution in [3.8, 4) is 0 Å². The van der Waals surface area contributed by atoms with Crippen LogP contribution in [0.3, 0.4) is 0 Å². The average molecular weight is 271 g/mol. The Balaban J connectivity index is 2.93. The third-order valence-electron chi connectivity index (χ3n) is 3.22. The van der Waals surface area contributed by atoms with E-state index in [4.69, 9.17) is 0 Å². The van der Waals surface area contributed by atoms with Gasteiger partial charge in [0.05, 0.1) is 16.8 Å². The van der Waals surface area contributed by atoms with Crippen molar-refractivity contribution >= 4 is 17.4 Å². The topological polar surface area (TPSA) is 75.1 Å². The maximum Gasteiger partial charge on any atom is 0.265 e.